The van der Waals surface area contributed by atoms with Crippen molar-refractivity contribution in [3.05, 3.63) is 41.3 Å². The lowest BCUT2D eigenvalue weighted by molar-refractivity contribution is 0.695. The third-order valence-corrected chi connectivity index (χ3v) is 3.56. The summed E-state index contributed by atoms with van der Waals surface area (Å²) in [5.41, 5.74) is 2.30. The van der Waals surface area contributed by atoms with Gasteiger partial charge in [0.15, 0.2) is 0 Å². The molecule has 3 heteroatoms. The van der Waals surface area contributed by atoms with Gasteiger partial charge in [-0.25, -0.2) is 0 Å². The van der Waals surface area contributed by atoms with Crippen LogP contribution >= 0.6 is 11.5 Å². The van der Waals surface area contributed by atoms with Crippen LogP contribution in [0.25, 0.3) is 11.3 Å². The Morgan fingerprint density at radius 3 is 2.81 bits per heavy atom. The average molecular weight is 230 g/mol. The maximum atomic E-state index is 4.49. The first kappa shape index (κ1) is 10.00. The van der Waals surface area contributed by atoms with Crippen molar-refractivity contribution >= 4 is 11.5 Å². The summed E-state index contributed by atoms with van der Waals surface area (Å²) in [6, 6.07) is 13.3. The van der Waals surface area contributed by atoms with Gasteiger partial charge < -0.3 is 5.32 Å². The molecule has 82 valence electrons. The minimum absolute atomic E-state index is 0.766. The second-order valence-electron chi connectivity index (χ2n) is 4.20. The van der Waals surface area contributed by atoms with Gasteiger partial charge in [-0.15, -0.1) is 0 Å². The van der Waals surface area contributed by atoms with Gasteiger partial charge in [-0.2, -0.15) is 4.37 Å². The van der Waals surface area contributed by atoms with Crippen LogP contribution in [0.15, 0.2) is 36.4 Å². The molecule has 0 bridgehead atoms. The molecule has 16 heavy (non-hydrogen) atoms. The van der Waals surface area contributed by atoms with Gasteiger partial charge in [0.1, 0.15) is 0 Å². The van der Waals surface area contributed by atoms with Crippen LogP contribution in [-0.2, 0) is 6.54 Å². The maximum Gasteiger partial charge on any atom is 0.0844 e. The minimum atomic E-state index is 0.766. The second kappa shape index (κ2) is 4.36. The monoisotopic (exact) mass is 230 g/mol. The fourth-order valence-electron chi connectivity index (χ4n) is 1.67. The maximum absolute atomic E-state index is 4.49. The van der Waals surface area contributed by atoms with Crippen LogP contribution in [-0.4, -0.2) is 10.4 Å². The first-order valence-electron chi connectivity index (χ1n) is 5.66. The molecule has 1 saturated carbocycles. The van der Waals surface area contributed by atoms with E-state index in [4.69, 9.17) is 0 Å². The highest BCUT2D eigenvalue weighted by Crippen LogP contribution is 2.23. The molecule has 1 aromatic carbocycles. The molecule has 1 fully saturated rings. The van der Waals surface area contributed by atoms with E-state index in [2.05, 4.69) is 40.0 Å². The average Bonchev–Trinajstić information content (AvgIpc) is 3.05. The first-order chi connectivity index (χ1) is 7.92. The van der Waals surface area contributed by atoms with E-state index in [0.29, 0.717) is 0 Å². The second-order valence-corrected chi connectivity index (χ2v) is 5.09. The summed E-state index contributed by atoms with van der Waals surface area (Å²) in [4.78, 5) is 1.32. The third-order valence-electron chi connectivity index (χ3n) is 2.77. The Morgan fingerprint density at radius 2 is 2.06 bits per heavy atom. The van der Waals surface area contributed by atoms with E-state index in [1.165, 1.54) is 23.3 Å². The van der Waals surface area contributed by atoms with Gasteiger partial charge in [0.2, 0.25) is 0 Å². The molecule has 1 aliphatic carbocycles. The highest BCUT2D eigenvalue weighted by Gasteiger charge is 2.20. The zero-order valence-electron chi connectivity index (χ0n) is 9.02. The van der Waals surface area contributed by atoms with Crippen molar-refractivity contribution < 1.29 is 0 Å². The van der Waals surface area contributed by atoms with Crippen molar-refractivity contribution in [1.29, 1.82) is 0 Å². The molecule has 0 radical (unpaired) electrons. The summed E-state index contributed by atoms with van der Waals surface area (Å²) in [7, 11) is 0. The molecule has 3 rings (SSSR count). The summed E-state index contributed by atoms with van der Waals surface area (Å²) >= 11 is 1.60. The van der Waals surface area contributed by atoms with Crippen LogP contribution in [0.3, 0.4) is 0 Å². The zero-order chi connectivity index (χ0) is 10.8. The number of rotatable bonds is 4. The Balaban J connectivity index is 1.71. The molecule has 1 aromatic heterocycles. The van der Waals surface area contributed by atoms with Crippen LogP contribution in [0.1, 0.15) is 17.7 Å². The lowest BCUT2D eigenvalue weighted by atomic mass is 10.1. The van der Waals surface area contributed by atoms with Crippen molar-refractivity contribution in [1.82, 2.24) is 9.69 Å². The third kappa shape index (κ3) is 2.31. The quantitative estimate of drug-likeness (QED) is 0.873. The number of nitrogens with one attached hydrogen (secondary N) is 1. The molecular weight excluding hydrogens is 216 g/mol. The topological polar surface area (TPSA) is 24.9 Å². The predicted molar refractivity (Wildman–Crippen MR) is 67.4 cm³/mol. The molecule has 0 saturated heterocycles. The number of aromatic nitrogens is 1. The van der Waals surface area contributed by atoms with Gasteiger partial charge >= 0.3 is 0 Å². The Labute approximate surface area is 99.5 Å². The summed E-state index contributed by atoms with van der Waals surface area (Å²) in [5.74, 6) is 0. The number of nitrogens with zero attached hydrogens (tertiary/aromatic N) is 1. The number of hydrogen-bond acceptors (Lipinski definition) is 3. The molecule has 1 N–H and O–H groups in total. The van der Waals surface area contributed by atoms with E-state index in [0.717, 1.165) is 18.3 Å². The van der Waals surface area contributed by atoms with Crippen LogP contribution in [0.4, 0.5) is 0 Å². The highest BCUT2D eigenvalue weighted by atomic mass is 32.1. The molecule has 0 unspecified atom stereocenters. The smallest absolute Gasteiger partial charge is 0.0844 e. The number of hydrogen-bond donors (Lipinski definition) is 1. The van der Waals surface area contributed by atoms with E-state index in [1.807, 2.05) is 6.07 Å². The van der Waals surface area contributed by atoms with Crippen LogP contribution < -0.4 is 5.32 Å². The normalized spacial score (nSPS) is 15.2. The molecule has 0 atom stereocenters. The van der Waals surface area contributed by atoms with E-state index >= 15 is 0 Å². The molecule has 2 nitrogen and oxygen atoms in total. The van der Waals surface area contributed by atoms with Gasteiger partial charge in [-0.1, -0.05) is 30.3 Å². The number of benzene rings is 1. The van der Waals surface area contributed by atoms with E-state index in [9.17, 15) is 0 Å². The SMILES string of the molecule is c1ccc(-c2cc(CNC3CC3)sn2)cc1. The van der Waals surface area contributed by atoms with Crippen molar-refractivity contribution in [2.75, 3.05) is 0 Å². The van der Waals surface area contributed by atoms with E-state index in [-0.39, 0.29) is 0 Å². The van der Waals surface area contributed by atoms with Crippen molar-refractivity contribution in [2.45, 2.75) is 25.4 Å². The zero-order valence-corrected chi connectivity index (χ0v) is 9.83. The fraction of sp³-hybridized carbons (Fsp3) is 0.308. The molecule has 0 spiro atoms. The van der Waals surface area contributed by atoms with Crippen LogP contribution in [0.2, 0.25) is 0 Å². The van der Waals surface area contributed by atoms with Gasteiger partial charge in [-0.05, 0) is 30.4 Å². The molecule has 2 aromatic rings. The van der Waals surface area contributed by atoms with Gasteiger partial charge in [0, 0.05) is 23.0 Å². The standard InChI is InChI=1S/C13H14N2S/c1-2-4-10(5-3-1)13-8-12(16-15-13)9-14-11-6-7-11/h1-5,8,11,14H,6-7,9H2. The van der Waals surface area contributed by atoms with Gasteiger partial charge in [0.25, 0.3) is 0 Å². The Hall–Kier alpha value is -1.19. The lowest BCUT2D eigenvalue weighted by Crippen LogP contribution is -2.14. The van der Waals surface area contributed by atoms with E-state index < -0.39 is 0 Å². The van der Waals surface area contributed by atoms with Crippen molar-refractivity contribution in [3.63, 3.8) is 0 Å². The summed E-state index contributed by atoms with van der Waals surface area (Å²) in [5, 5.41) is 3.51. The van der Waals surface area contributed by atoms with Crippen molar-refractivity contribution in [2.24, 2.45) is 0 Å². The predicted octanol–water partition coefficient (Wildman–Crippen LogP) is 3.06. The largest absolute Gasteiger partial charge is 0.309 e. The Morgan fingerprint density at radius 1 is 1.25 bits per heavy atom. The minimum Gasteiger partial charge on any atom is -0.309 e. The molecule has 1 aliphatic rings. The van der Waals surface area contributed by atoms with Gasteiger partial charge in [0.05, 0.1) is 5.69 Å². The summed E-state index contributed by atoms with van der Waals surface area (Å²) < 4.78 is 4.49. The van der Waals surface area contributed by atoms with Crippen molar-refractivity contribution in [3.8, 4) is 11.3 Å². The highest BCUT2D eigenvalue weighted by molar-refractivity contribution is 7.06. The summed E-state index contributed by atoms with van der Waals surface area (Å²) in [6.07, 6.45) is 2.68. The first-order valence-corrected chi connectivity index (χ1v) is 6.43. The Bertz CT molecular complexity index is 460. The molecular formula is C13H14N2S. The molecule has 1 heterocycles. The van der Waals surface area contributed by atoms with E-state index in [1.54, 1.807) is 11.5 Å². The van der Waals surface area contributed by atoms with Gasteiger partial charge in [-0.3, -0.25) is 0 Å². The fourth-order valence-corrected chi connectivity index (χ4v) is 2.36. The molecule has 0 amide bonds. The summed E-state index contributed by atoms with van der Waals surface area (Å²) in [6.45, 7) is 0.967. The van der Waals surface area contributed by atoms with Crippen LogP contribution in [0.5, 0.6) is 0 Å². The van der Waals surface area contributed by atoms with Crippen LogP contribution in [0, 0.1) is 0 Å². The molecule has 0 aliphatic heterocycles. The Kier molecular flexibility index (Phi) is 2.72. The lowest BCUT2D eigenvalue weighted by Gasteiger charge is -1.97.